The molecule has 0 amide bonds. The van der Waals surface area contributed by atoms with Crippen molar-refractivity contribution in [3.05, 3.63) is 29.8 Å². The Morgan fingerprint density at radius 2 is 2.30 bits per heavy atom. The second kappa shape index (κ2) is 4.37. The van der Waals surface area contributed by atoms with Gasteiger partial charge in [0.2, 0.25) is 0 Å². The van der Waals surface area contributed by atoms with Crippen LogP contribution in [0.1, 0.15) is 12.5 Å². The van der Waals surface area contributed by atoms with E-state index in [9.17, 15) is 0 Å². The molecular weight excluding hydrogens is 200 g/mol. The summed E-state index contributed by atoms with van der Waals surface area (Å²) in [5.41, 5.74) is 1.45. The van der Waals surface area contributed by atoms with Gasteiger partial charge in [-0.05, 0) is 6.42 Å². The molecule has 0 unspecified atom stereocenters. The van der Waals surface area contributed by atoms with Gasteiger partial charge in [0, 0.05) is 0 Å². The predicted molar refractivity (Wildman–Crippen MR) is 50.1 cm³/mol. The molecule has 0 radical (unpaired) electrons. The Bertz CT molecular complexity index is 191. The highest BCUT2D eigenvalue weighted by Gasteiger charge is 1.94. The predicted octanol–water partition coefficient (Wildman–Crippen LogP) is 1.89. The van der Waals surface area contributed by atoms with Crippen LogP contribution in [-0.4, -0.2) is 18.2 Å². The first-order chi connectivity index (χ1) is 4.86. The molecule has 10 heavy (non-hydrogen) atoms. The molecule has 50 valence electrons. The third kappa shape index (κ3) is 2.26. The Labute approximate surface area is 77.6 Å². The summed E-state index contributed by atoms with van der Waals surface area (Å²) in [7, 11) is 0. The Balaban J connectivity index is 2.87. The molecule has 0 aliphatic rings. The highest BCUT2D eigenvalue weighted by molar-refractivity contribution is 9.23. The molecule has 0 nitrogen and oxygen atoms in total. The first-order valence-electron chi connectivity index (χ1n) is 3.50. The highest BCUT2D eigenvalue weighted by atomic mass is 79.9. The average Bonchev–Trinajstić information content (AvgIpc) is 2.05. The molecule has 0 bridgehead atoms. The molecule has 0 saturated heterocycles. The van der Waals surface area contributed by atoms with Gasteiger partial charge in [0.15, 0.2) is 0 Å². The van der Waals surface area contributed by atoms with Crippen LogP contribution in [0.2, 0.25) is 0 Å². The molecule has 0 atom stereocenters. The number of hydrogen-bond donors (Lipinski definition) is 0. The van der Waals surface area contributed by atoms with Gasteiger partial charge in [0.1, 0.15) is 0 Å². The Kier molecular flexibility index (Phi) is 3.74. The maximum absolute atomic E-state index is 3.56. The maximum atomic E-state index is 3.56. The SMILES string of the molecule is CCc1ccc[c]([Mg][Br])c1. The van der Waals surface area contributed by atoms with Crippen LogP contribution in [-0.2, 0) is 6.42 Å². The average molecular weight is 209 g/mol. The van der Waals surface area contributed by atoms with Crippen LogP contribution in [0.5, 0.6) is 0 Å². The van der Waals surface area contributed by atoms with E-state index in [1.807, 2.05) is 0 Å². The highest BCUT2D eigenvalue weighted by Crippen LogP contribution is 1.96. The molecule has 0 fully saturated rings. The van der Waals surface area contributed by atoms with Gasteiger partial charge >= 0.3 is 18.2 Å². The fourth-order valence-electron chi connectivity index (χ4n) is 0.933. The maximum Gasteiger partial charge on any atom is 0.506 e. The number of rotatable bonds is 2. The Morgan fingerprint density at radius 1 is 1.50 bits per heavy atom. The van der Waals surface area contributed by atoms with Crippen LogP contribution in [0.3, 0.4) is 0 Å². The number of benzene rings is 1. The van der Waals surface area contributed by atoms with Crippen LogP contribution >= 0.6 is 12.9 Å². The van der Waals surface area contributed by atoms with E-state index in [2.05, 4.69) is 44.1 Å². The van der Waals surface area contributed by atoms with Gasteiger partial charge in [-0.2, -0.15) is 3.69 Å². The zero-order valence-corrected chi connectivity index (χ0v) is 9.10. The first kappa shape index (κ1) is 8.56. The quantitative estimate of drug-likeness (QED) is 0.653. The second-order valence-electron chi connectivity index (χ2n) is 2.31. The minimum atomic E-state index is -0.127. The number of halogens is 1. The largest absolute Gasteiger partial charge is 0.506 e. The summed E-state index contributed by atoms with van der Waals surface area (Å²) in [5.74, 6) is 0. The molecule has 2 heteroatoms. The molecule has 1 rings (SSSR count). The topological polar surface area (TPSA) is 0 Å². The van der Waals surface area contributed by atoms with E-state index in [0.29, 0.717) is 0 Å². The van der Waals surface area contributed by atoms with E-state index < -0.39 is 0 Å². The molecule has 0 saturated carbocycles. The van der Waals surface area contributed by atoms with Crippen molar-refractivity contribution in [3.63, 3.8) is 0 Å². The van der Waals surface area contributed by atoms with Gasteiger partial charge in [-0.15, -0.1) is 0 Å². The summed E-state index contributed by atoms with van der Waals surface area (Å²) >= 11 is 3.43. The summed E-state index contributed by atoms with van der Waals surface area (Å²) in [5, 5.41) is 0. The number of aryl methyl sites for hydroxylation is 1. The van der Waals surface area contributed by atoms with Crippen molar-refractivity contribution in [2.75, 3.05) is 0 Å². The fourth-order valence-corrected chi connectivity index (χ4v) is 2.54. The lowest BCUT2D eigenvalue weighted by Gasteiger charge is -1.97. The summed E-state index contributed by atoms with van der Waals surface area (Å²) in [6, 6.07) is 8.81. The molecule has 1 aromatic rings. The van der Waals surface area contributed by atoms with Crippen molar-refractivity contribution < 1.29 is 0 Å². The van der Waals surface area contributed by atoms with Gasteiger partial charge in [-0.1, -0.05) is 36.8 Å². The minimum absolute atomic E-state index is 0.127. The first-order valence-corrected chi connectivity index (χ1v) is 8.11. The number of hydrogen-bond acceptors (Lipinski definition) is 0. The third-order valence-corrected chi connectivity index (χ3v) is 4.24. The summed E-state index contributed by atoms with van der Waals surface area (Å²) in [6.07, 6.45) is 1.15. The molecule has 0 heterocycles. The molecule has 1 aromatic carbocycles. The molecule has 0 aliphatic carbocycles. The molecule has 0 N–H and O–H groups in total. The van der Waals surface area contributed by atoms with Crippen LogP contribution in [0.25, 0.3) is 0 Å². The smallest absolute Gasteiger partial charge is 0.296 e. The summed E-state index contributed by atoms with van der Waals surface area (Å²) < 4.78 is 1.50. The second-order valence-corrected chi connectivity index (χ2v) is 5.07. The zero-order valence-electron chi connectivity index (χ0n) is 6.10. The monoisotopic (exact) mass is 208 g/mol. The molecule has 0 aliphatic heterocycles. The Morgan fingerprint density at radius 3 is 2.90 bits per heavy atom. The van der Waals surface area contributed by atoms with Crippen LogP contribution in [0.15, 0.2) is 24.3 Å². The molecular formula is C8H9BrMg. The van der Waals surface area contributed by atoms with Crippen molar-refractivity contribution in [3.8, 4) is 0 Å². The fraction of sp³-hybridized carbons (Fsp3) is 0.250. The summed E-state index contributed by atoms with van der Waals surface area (Å²) in [4.78, 5) is 0. The van der Waals surface area contributed by atoms with Crippen molar-refractivity contribution in [1.82, 2.24) is 0 Å². The van der Waals surface area contributed by atoms with Gasteiger partial charge in [-0.25, -0.2) is 0 Å². The minimum Gasteiger partial charge on any atom is -0.296 e. The van der Waals surface area contributed by atoms with Crippen molar-refractivity contribution in [2.24, 2.45) is 0 Å². The van der Waals surface area contributed by atoms with Gasteiger partial charge in [-0.3, -0.25) is 12.9 Å². The lowest BCUT2D eigenvalue weighted by molar-refractivity contribution is 1.14. The van der Waals surface area contributed by atoms with E-state index in [-0.39, 0.29) is 18.2 Å². The van der Waals surface area contributed by atoms with Gasteiger partial charge < -0.3 is 0 Å². The van der Waals surface area contributed by atoms with Crippen molar-refractivity contribution >= 4 is 34.8 Å². The normalized spacial score (nSPS) is 9.00. The summed E-state index contributed by atoms with van der Waals surface area (Å²) in [6.45, 7) is 2.19. The van der Waals surface area contributed by atoms with E-state index in [1.54, 1.807) is 0 Å². The lowest BCUT2D eigenvalue weighted by atomic mass is 10.2. The van der Waals surface area contributed by atoms with Crippen LogP contribution in [0, 0.1) is 0 Å². The van der Waals surface area contributed by atoms with E-state index in [4.69, 9.17) is 0 Å². The van der Waals surface area contributed by atoms with E-state index in [0.717, 1.165) is 6.42 Å². The zero-order chi connectivity index (χ0) is 7.40. The van der Waals surface area contributed by atoms with E-state index in [1.165, 1.54) is 9.26 Å². The molecule has 0 aromatic heterocycles. The Hall–Kier alpha value is 0.466. The van der Waals surface area contributed by atoms with Crippen LogP contribution in [0.4, 0.5) is 0 Å². The van der Waals surface area contributed by atoms with Crippen molar-refractivity contribution in [2.45, 2.75) is 13.3 Å². The molecule has 0 spiro atoms. The lowest BCUT2D eigenvalue weighted by Crippen LogP contribution is -2.07. The van der Waals surface area contributed by atoms with E-state index >= 15 is 0 Å². The standard InChI is InChI=1S/C8H9.BrH.Mg/c1-2-8-6-4-3-5-7-8;;/h3-4,6-7H,2H2,1H3;1H;/q;;+1/p-1. The van der Waals surface area contributed by atoms with Crippen molar-refractivity contribution in [1.29, 1.82) is 0 Å². The third-order valence-electron chi connectivity index (χ3n) is 1.55. The van der Waals surface area contributed by atoms with Crippen LogP contribution < -0.4 is 3.69 Å². The van der Waals surface area contributed by atoms with Gasteiger partial charge in [0.25, 0.3) is 0 Å². The van der Waals surface area contributed by atoms with Gasteiger partial charge in [0.05, 0.1) is 0 Å².